The molecule has 4 nitrogen and oxygen atoms in total. The lowest BCUT2D eigenvalue weighted by atomic mass is 9.91. The van der Waals surface area contributed by atoms with Crippen molar-refractivity contribution in [3.63, 3.8) is 0 Å². The van der Waals surface area contributed by atoms with Crippen LogP contribution in [-0.2, 0) is 12.0 Å². The molecule has 2 rings (SSSR count). The van der Waals surface area contributed by atoms with Gasteiger partial charge >= 0.3 is 0 Å². The molecule has 2 heterocycles. The van der Waals surface area contributed by atoms with E-state index in [4.69, 9.17) is 4.42 Å². The van der Waals surface area contributed by atoms with Crippen LogP contribution in [0.1, 0.15) is 30.5 Å². The van der Waals surface area contributed by atoms with E-state index in [0.717, 1.165) is 6.54 Å². The van der Waals surface area contributed by atoms with E-state index in [1.165, 1.54) is 4.88 Å². The van der Waals surface area contributed by atoms with Crippen molar-refractivity contribution in [3.05, 3.63) is 34.2 Å². The third kappa shape index (κ3) is 3.14. The van der Waals surface area contributed by atoms with Gasteiger partial charge < -0.3 is 9.73 Å². The quantitative estimate of drug-likeness (QED) is 0.887. The third-order valence-corrected chi connectivity index (χ3v) is 3.84. The summed E-state index contributed by atoms with van der Waals surface area (Å²) < 4.78 is 5.31. The van der Waals surface area contributed by atoms with Crippen LogP contribution >= 0.6 is 11.3 Å². The van der Waals surface area contributed by atoms with Crippen molar-refractivity contribution in [1.29, 1.82) is 0 Å². The molecule has 92 valence electrons. The molecule has 0 spiro atoms. The monoisotopic (exact) mass is 251 g/mol. The van der Waals surface area contributed by atoms with Gasteiger partial charge in [0.25, 0.3) is 0 Å². The van der Waals surface area contributed by atoms with Gasteiger partial charge in [-0.1, -0.05) is 19.9 Å². The normalized spacial score (nSPS) is 11.9. The molecule has 0 aromatic carbocycles. The number of thiophene rings is 1. The molecule has 0 aliphatic heterocycles. The average molecular weight is 251 g/mol. The van der Waals surface area contributed by atoms with Crippen molar-refractivity contribution in [2.24, 2.45) is 0 Å². The number of nitrogens with one attached hydrogen (secondary N) is 1. The van der Waals surface area contributed by atoms with Gasteiger partial charge in [-0.2, -0.15) is 0 Å². The van der Waals surface area contributed by atoms with Gasteiger partial charge in [-0.05, 0) is 11.4 Å². The van der Waals surface area contributed by atoms with E-state index < -0.39 is 0 Å². The average Bonchev–Trinajstić information content (AvgIpc) is 2.89. The standard InChI is InChI=1S/C12H17N3OS/c1-9-14-15-11(16-9)7-13-8-12(2,3)10-5-4-6-17-10/h4-6,13H,7-8H2,1-3H3. The van der Waals surface area contributed by atoms with E-state index in [0.29, 0.717) is 18.3 Å². The topological polar surface area (TPSA) is 51.0 Å². The minimum atomic E-state index is 0.128. The highest BCUT2D eigenvalue weighted by atomic mass is 32.1. The zero-order chi connectivity index (χ0) is 12.3. The molecule has 0 unspecified atom stereocenters. The molecule has 1 N–H and O–H groups in total. The Hall–Kier alpha value is -1.20. The summed E-state index contributed by atoms with van der Waals surface area (Å²) in [5.74, 6) is 1.25. The summed E-state index contributed by atoms with van der Waals surface area (Å²) in [6.07, 6.45) is 0. The van der Waals surface area contributed by atoms with Gasteiger partial charge in [0, 0.05) is 23.8 Å². The first-order valence-electron chi connectivity index (χ1n) is 5.61. The molecule has 0 aliphatic carbocycles. The molecule has 2 aromatic rings. The van der Waals surface area contributed by atoms with Crippen LogP contribution in [0.4, 0.5) is 0 Å². The highest BCUT2D eigenvalue weighted by Crippen LogP contribution is 2.26. The minimum absolute atomic E-state index is 0.128. The Kier molecular flexibility index (Phi) is 3.59. The maximum atomic E-state index is 5.31. The van der Waals surface area contributed by atoms with Crippen molar-refractivity contribution in [1.82, 2.24) is 15.5 Å². The molecule has 17 heavy (non-hydrogen) atoms. The summed E-state index contributed by atoms with van der Waals surface area (Å²) in [4.78, 5) is 1.38. The molecule has 0 radical (unpaired) electrons. The molecule has 2 aromatic heterocycles. The lowest BCUT2D eigenvalue weighted by molar-refractivity contribution is 0.417. The van der Waals surface area contributed by atoms with E-state index in [9.17, 15) is 0 Å². The first-order chi connectivity index (χ1) is 8.08. The third-order valence-electron chi connectivity index (χ3n) is 2.60. The van der Waals surface area contributed by atoms with Crippen LogP contribution in [0.15, 0.2) is 21.9 Å². The van der Waals surface area contributed by atoms with Crippen molar-refractivity contribution >= 4 is 11.3 Å². The van der Waals surface area contributed by atoms with Gasteiger partial charge in [-0.25, -0.2) is 0 Å². The molecule has 0 aliphatic rings. The zero-order valence-corrected chi connectivity index (χ0v) is 11.2. The first kappa shape index (κ1) is 12.3. The van der Waals surface area contributed by atoms with Crippen LogP contribution < -0.4 is 5.32 Å². The van der Waals surface area contributed by atoms with Crippen LogP contribution in [0, 0.1) is 6.92 Å². The summed E-state index contributed by atoms with van der Waals surface area (Å²) in [6, 6.07) is 4.26. The Morgan fingerprint density at radius 2 is 2.24 bits per heavy atom. The van der Waals surface area contributed by atoms with Gasteiger partial charge in [-0.3, -0.25) is 0 Å². The molecular weight excluding hydrogens is 234 g/mol. The largest absolute Gasteiger partial charge is 0.424 e. The molecule has 5 heteroatoms. The second kappa shape index (κ2) is 4.98. The van der Waals surface area contributed by atoms with Crippen LogP contribution in [-0.4, -0.2) is 16.7 Å². The second-order valence-corrected chi connectivity index (χ2v) is 5.63. The Morgan fingerprint density at radius 1 is 1.41 bits per heavy atom. The summed E-state index contributed by atoms with van der Waals surface area (Å²) in [6.45, 7) is 7.76. The van der Waals surface area contributed by atoms with Gasteiger partial charge in [0.2, 0.25) is 11.8 Å². The number of hydrogen-bond acceptors (Lipinski definition) is 5. The fourth-order valence-electron chi connectivity index (χ4n) is 1.64. The minimum Gasteiger partial charge on any atom is -0.424 e. The number of aryl methyl sites for hydroxylation is 1. The molecule has 0 saturated heterocycles. The van der Waals surface area contributed by atoms with Crippen LogP contribution in [0.5, 0.6) is 0 Å². The number of aromatic nitrogens is 2. The van der Waals surface area contributed by atoms with Gasteiger partial charge in [0.15, 0.2) is 0 Å². The Morgan fingerprint density at radius 3 is 2.82 bits per heavy atom. The molecule has 0 bridgehead atoms. The fraction of sp³-hybridized carbons (Fsp3) is 0.500. The number of rotatable bonds is 5. The number of hydrogen-bond donors (Lipinski definition) is 1. The van der Waals surface area contributed by atoms with Gasteiger partial charge in [0.05, 0.1) is 6.54 Å². The summed E-state index contributed by atoms with van der Waals surface area (Å²) in [5, 5.41) is 13.2. The van der Waals surface area contributed by atoms with Crippen molar-refractivity contribution in [2.75, 3.05) is 6.54 Å². The molecule has 0 saturated carbocycles. The molecule has 0 amide bonds. The van der Waals surface area contributed by atoms with Gasteiger partial charge in [0.1, 0.15) is 0 Å². The predicted octanol–water partition coefficient (Wildman–Crippen LogP) is 2.51. The van der Waals surface area contributed by atoms with Crippen LogP contribution in [0.2, 0.25) is 0 Å². The van der Waals surface area contributed by atoms with E-state index in [1.54, 1.807) is 18.3 Å². The fourth-order valence-corrected chi connectivity index (χ4v) is 2.49. The first-order valence-corrected chi connectivity index (χ1v) is 6.49. The molecule has 0 atom stereocenters. The van der Waals surface area contributed by atoms with E-state index in [-0.39, 0.29) is 5.41 Å². The highest BCUT2D eigenvalue weighted by Gasteiger charge is 2.21. The summed E-state index contributed by atoms with van der Waals surface area (Å²) in [7, 11) is 0. The van der Waals surface area contributed by atoms with Crippen LogP contribution in [0.3, 0.4) is 0 Å². The Labute approximate surface area is 105 Å². The summed E-state index contributed by atoms with van der Waals surface area (Å²) in [5.41, 5.74) is 0.128. The highest BCUT2D eigenvalue weighted by molar-refractivity contribution is 7.10. The number of nitrogens with zero attached hydrogens (tertiary/aromatic N) is 2. The van der Waals surface area contributed by atoms with E-state index in [1.807, 2.05) is 0 Å². The predicted molar refractivity (Wildman–Crippen MR) is 68.1 cm³/mol. The van der Waals surface area contributed by atoms with E-state index >= 15 is 0 Å². The van der Waals surface area contributed by atoms with E-state index in [2.05, 4.69) is 46.9 Å². The smallest absolute Gasteiger partial charge is 0.230 e. The molecular formula is C12H17N3OS. The Bertz CT molecular complexity index is 462. The lowest BCUT2D eigenvalue weighted by Crippen LogP contribution is -2.31. The van der Waals surface area contributed by atoms with Crippen molar-refractivity contribution in [2.45, 2.75) is 32.7 Å². The maximum Gasteiger partial charge on any atom is 0.230 e. The SMILES string of the molecule is Cc1nnc(CNCC(C)(C)c2cccs2)o1. The zero-order valence-electron chi connectivity index (χ0n) is 10.4. The molecule has 0 fully saturated rings. The van der Waals surface area contributed by atoms with Crippen LogP contribution in [0.25, 0.3) is 0 Å². The second-order valence-electron chi connectivity index (χ2n) is 4.68. The van der Waals surface area contributed by atoms with Crippen molar-refractivity contribution in [3.8, 4) is 0 Å². The summed E-state index contributed by atoms with van der Waals surface area (Å²) >= 11 is 1.79. The van der Waals surface area contributed by atoms with Gasteiger partial charge in [-0.15, -0.1) is 21.5 Å². The maximum absolute atomic E-state index is 5.31. The lowest BCUT2D eigenvalue weighted by Gasteiger charge is -2.23. The Balaban J connectivity index is 1.86. The van der Waals surface area contributed by atoms with Crippen molar-refractivity contribution < 1.29 is 4.42 Å².